The molecule has 4 N–H and O–H groups in total. The maximum atomic E-state index is 11.9. The second kappa shape index (κ2) is 5.26. The molecule has 1 aromatic rings. The Morgan fingerprint density at radius 3 is 2.47 bits per heavy atom. The van der Waals surface area contributed by atoms with Gasteiger partial charge in [0, 0.05) is 20.2 Å². The number of nitrogens with two attached hydrogens (primary N) is 1. The highest BCUT2D eigenvalue weighted by atomic mass is 32.2. The SMILES string of the molecule is CC(C(=O)N(C)C)S(=O)(=O)Nc1cc(C(N)=O)[nH]n1. The van der Waals surface area contributed by atoms with Crippen molar-refractivity contribution < 1.29 is 18.0 Å². The number of primary amides is 1. The van der Waals surface area contributed by atoms with Crippen LogP contribution in [-0.4, -0.2) is 54.7 Å². The molecule has 0 saturated heterocycles. The summed E-state index contributed by atoms with van der Waals surface area (Å²) in [6.07, 6.45) is 0. The van der Waals surface area contributed by atoms with Crippen molar-refractivity contribution in [1.29, 1.82) is 0 Å². The average Bonchev–Trinajstić information content (AvgIpc) is 2.74. The lowest BCUT2D eigenvalue weighted by molar-refractivity contribution is -0.127. The van der Waals surface area contributed by atoms with Gasteiger partial charge in [0.05, 0.1) is 0 Å². The first-order valence-corrected chi connectivity index (χ1v) is 6.78. The summed E-state index contributed by atoms with van der Waals surface area (Å²) in [7, 11) is -1.04. The van der Waals surface area contributed by atoms with Gasteiger partial charge in [0.1, 0.15) is 5.69 Å². The minimum Gasteiger partial charge on any atom is -0.364 e. The fourth-order valence-electron chi connectivity index (χ4n) is 1.23. The summed E-state index contributed by atoms with van der Waals surface area (Å²) in [6.45, 7) is 1.26. The standard InChI is InChI=1S/C9H15N5O4S/c1-5(9(16)14(2)3)19(17,18)13-7-4-6(8(10)15)11-12-7/h4-5H,1-3H3,(H2,10,15)(H2,11,12,13). The molecule has 106 valence electrons. The third-order valence-corrected chi connectivity index (χ3v) is 3.97. The van der Waals surface area contributed by atoms with E-state index in [-0.39, 0.29) is 11.5 Å². The molecule has 1 rings (SSSR count). The number of H-pyrrole nitrogens is 1. The van der Waals surface area contributed by atoms with E-state index in [1.165, 1.54) is 25.9 Å². The molecule has 0 radical (unpaired) electrons. The monoisotopic (exact) mass is 289 g/mol. The van der Waals surface area contributed by atoms with Crippen LogP contribution in [0, 0.1) is 0 Å². The van der Waals surface area contributed by atoms with Gasteiger partial charge in [-0.2, -0.15) is 5.10 Å². The van der Waals surface area contributed by atoms with Crippen LogP contribution in [0.2, 0.25) is 0 Å². The van der Waals surface area contributed by atoms with Crippen molar-refractivity contribution >= 4 is 27.7 Å². The average molecular weight is 289 g/mol. The van der Waals surface area contributed by atoms with Crippen LogP contribution >= 0.6 is 0 Å². The van der Waals surface area contributed by atoms with E-state index >= 15 is 0 Å². The molecule has 1 atom stereocenters. The van der Waals surface area contributed by atoms with E-state index in [4.69, 9.17) is 5.73 Å². The van der Waals surface area contributed by atoms with Gasteiger partial charge in [-0.05, 0) is 6.92 Å². The number of carbonyl (C=O) groups excluding carboxylic acids is 2. The number of amides is 2. The fourth-order valence-corrected chi connectivity index (χ4v) is 2.28. The first-order chi connectivity index (χ1) is 8.65. The number of hydrogen-bond acceptors (Lipinski definition) is 5. The van der Waals surface area contributed by atoms with Gasteiger partial charge in [-0.3, -0.25) is 19.4 Å². The number of rotatable bonds is 5. The molecule has 9 nitrogen and oxygen atoms in total. The number of carbonyl (C=O) groups is 2. The van der Waals surface area contributed by atoms with Crippen LogP contribution < -0.4 is 10.5 Å². The van der Waals surface area contributed by atoms with Gasteiger partial charge in [0.2, 0.25) is 15.9 Å². The predicted octanol–water partition coefficient (Wildman–Crippen LogP) is -1.27. The largest absolute Gasteiger partial charge is 0.364 e. The number of anilines is 1. The summed E-state index contributed by atoms with van der Waals surface area (Å²) in [5, 5.41) is 4.56. The molecule has 0 bridgehead atoms. The smallest absolute Gasteiger partial charge is 0.266 e. The molecule has 0 spiro atoms. The Kier molecular flexibility index (Phi) is 4.14. The lowest BCUT2D eigenvalue weighted by Crippen LogP contribution is -2.39. The van der Waals surface area contributed by atoms with E-state index in [0.717, 1.165) is 6.07 Å². The van der Waals surface area contributed by atoms with Crippen molar-refractivity contribution in [3.8, 4) is 0 Å². The van der Waals surface area contributed by atoms with Gasteiger partial charge in [-0.25, -0.2) is 8.42 Å². The summed E-state index contributed by atoms with van der Waals surface area (Å²) in [4.78, 5) is 23.6. The molecule has 0 aliphatic rings. The molecule has 1 heterocycles. The number of aromatic amines is 1. The van der Waals surface area contributed by atoms with Crippen LogP contribution in [0.15, 0.2) is 6.07 Å². The Bertz CT molecular complexity index is 592. The molecule has 2 amide bonds. The Hall–Kier alpha value is -2.10. The number of sulfonamides is 1. The van der Waals surface area contributed by atoms with Gasteiger partial charge < -0.3 is 10.6 Å². The third kappa shape index (κ3) is 3.44. The quantitative estimate of drug-likeness (QED) is 0.620. The number of aromatic nitrogens is 2. The first kappa shape index (κ1) is 15.0. The van der Waals surface area contributed by atoms with Crippen molar-refractivity contribution in [2.24, 2.45) is 5.73 Å². The van der Waals surface area contributed by atoms with Crippen LogP contribution in [0.4, 0.5) is 5.82 Å². The van der Waals surface area contributed by atoms with Crippen molar-refractivity contribution in [1.82, 2.24) is 15.1 Å². The molecule has 0 aromatic carbocycles. The Balaban J connectivity index is 2.90. The van der Waals surface area contributed by atoms with E-state index in [2.05, 4.69) is 14.9 Å². The van der Waals surface area contributed by atoms with E-state index < -0.39 is 27.1 Å². The van der Waals surface area contributed by atoms with Gasteiger partial charge in [-0.1, -0.05) is 0 Å². The van der Waals surface area contributed by atoms with E-state index in [1.807, 2.05) is 0 Å². The summed E-state index contributed by atoms with van der Waals surface area (Å²) in [5.74, 6) is -1.44. The zero-order valence-electron chi connectivity index (χ0n) is 10.7. The third-order valence-electron chi connectivity index (χ3n) is 2.34. The Labute approximate surface area is 110 Å². The van der Waals surface area contributed by atoms with E-state index in [0.29, 0.717) is 0 Å². The molecule has 1 unspecified atom stereocenters. The molecule has 1 aromatic heterocycles. The Morgan fingerprint density at radius 2 is 2.05 bits per heavy atom. The van der Waals surface area contributed by atoms with Crippen molar-refractivity contribution in [3.05, 3.63) is 11.8 Å². The van der Waals surface area contributed by atoms with Crippen molar-refractivity contribution in [3.63, 3.8) is 0 Å². The zero-order valence-corrected chi connectivity index (χ0v) is 11.5. The highest BCUT2D eigenvalue weighted by Crippen LogP contribution is 2.11. The second-order valence-electron chi connectivity index (χ2n) is 4.05. The summed E-state index contributed by atoms with van der Waals surface area (Å²) >= 11 is 0. The second-order valence-corrected chi connectivity index (χ2v) is 6.05. The number of hydrogen-bond donors (Lipinski definition) is 3. The van der Waals surface area contributed by atoms with Crippen LogP contribution in [0.3, 0.4) is 0 Å². The van der Waals surface area contributed by atoms with Crippen molar-refractivity contribution in [2.45, 2.75) is 12.2 Å². The highest BCUT2D eigenvalue weighted by Gasteiger charge is 2.29. The first-order valence-electron chi connectivity index (χ1n) is 5.23. The Morgan fingerprint density at radius 1 is 1.47 bits per heavy atom. The number of nitrogens with zero attached hydrogens (tertiary/aromatic N) is 2. The molecule has 10 heteroatoms. The molecular weight excluding hydrogens is 274 g/mol. The van der Waals surface area contributed by atoms with E-state index in [1.54, 1.807) is 0 Å². The van der Waals surface area contributed by atoms with Gasteiger partial charge in [0.15, 0.2) is 11.1 Å². The lowest BCUT2D eigenvalue weighted by Gasteiger charge is -2.17. The normalized spacial score (nSPS) is 12.8. The minimum absolute atomic E-state index is 0.0377. The molecular formula is C9H15N5O4S. The highest BCUT2D eigenvalue weighted by molar-refractivity contribution is 7.94. The maximum Gasteiger partial charge on any atom is 0.266 e. The summed E-state index contributed by atoms with van der Waals surface area (Å²) < 4.78 is 25.9. The molecule has 0 aliphatic carbocycles. The molecule has 19 heavy (non-hydrogen) atoms. The zero-order chi connectivity index (χ0) is 14.8. The summed E-state index contributed by atoms with van der Waals surface area (Å²) in [6, 6.07) is 1.15. The molecule has 0 fully saturated rings. The number of nitrogens with one attached hydrogen (secondary N) is 2. The topological polar surface area (TPSA) is 138 Å². The van der Waals surface area contributed by atoms with Crippen molar-refractivity contribution in [2.75, 3.05) is 18.8 Å². The molecule has 0 aliphatic heterocycles. The van der Waals surface area contributed by atoms with Crippen LogP contribution in [0.5, 0.6) is 0 Å². The van der Waals surface area contributed by atoms with Crippen LogP contribution in [0.1, 0.15) is 17.4 Å². The van der Waals surface area contributed by atoms with Crippen LogP contribution in [-0.2, 0) is 14.8 Å². The molecule has 0 saturated carbocycles. The fraction of sp³-hybridized carbons (Fsp3) is 0.444. The van der Waals surface area contributed by atoms with E-state index in [9.17, 15) is 18.0 Å². The summed E-state index contributed by atoms with van der Waals surface area (Å²) in [5.41, 5.74) is 4.95. The predicted molar refractivity (Wildman–Crippen MR) is 67.8 cm³/mol. The maximum absolute atomic E-state index is 11.9. The lowest BCUT2D eigenvalue weighted by atomic mass is 10.4. The van der Waals surface area contributed by atoms with Crippen LogP contribution in [0.25, 0.3) is 0 Å². The minimum atomic E-state index is -3.95. The van der Waals surface area contributed by atoms with Gasteiger partial charge in [-0.15, -0.1) is 0 Å². The van der Waals surface area contributed by atoms with Gasteiger partial charge in [0.25, 0.3) is 5.91 Å². The van der Waals surface area contributed by atoms with Gasteiger partial charge >= 0.3 is 0 Å².